The molecule has 0 N–H and O–H groups in total. The zero-order valence-electron chi connectivity index (χ0n) is 11.0. The van der Waals surface area contributed by atoms with Crippen molar-refractivity contribution >= 4 is 10.8 Å². The maximum absolute atomic E-state index is 11.9. The Balaban J connectivity index is 1.81. The first-order chi connectivity index (χ1) is 9.79. The van der Waals surface area contributed by atoms with Crippen LogP contribution >= 0.6 is 0 Å². The average molecular weight is 285 g/mol. The van der Waals surface area contributed by atoms with Gasteiger partial charge < -0.3 is 4.74 Å². The second-order valence-electron chi connectivity index (χ2n) is 4.23. The fraction of sp³-hybridized carbons (Fsp3) is 0.188. The van der Waals surface area contributed by atoms with Crippen LogP contribution in [0.3, 0.4) is 0 Å². The van der Waals surface area contributed by atoms with Crippen LogP contribution in [0.4, 0.5) is 0 Å². The molecule has 2 rings (SSSR count). The standard InChI is InChI=1S/C16H15NO2S/c17-12-15-8-4-5-9-16(15)19-10-11-20(18)13-14-6-2-1-3-7-14/h1-9H,10-11,13H2. The molecule has 2 aromatic carbocycles. The fourth-order valence-corrected chi connectivity index (χ4v) is 2.74. The molecular formula is C16H15NO2S. The van der Waals surface area contributed by atoms with Crippen LogP contribution in [0.15, 0.2) is 54.6 Å². The van der Waals surface area contributed by atoms with Gasteiger partial charge in [-0.15, -0.1) is 0 Å². The van der Waals surface area contributed by atoms with Gasteiger partial charge in [-0.1, -0.05) is 42.5 Å². The van der Waals surface area contributed by atoms with Crippen molar-refractivity contribution in [2.45, 2.75) is 5.75 Å². The van der Waals surface area contributed by atoms with Crippen molar-refractivity contribution in [2.75, 3.05) is 12.4 Å². The molecule has 1 atom stereocenters. The van der Waals surface area contributed by atoms with Gasteiger partial charge in [0.25, 0.3) is 0 Å². The minimum atomic E-state index is -0.961. The van der Waals surface area contributed by atoms with E-state index < -0.39 is 10.8 Å². The minimum Gasteiger partial charge on any atom is -0.491 e. The van der Waals surface area contributed by atoms with Crippen LogP contribution in [0.1, 0.15) is 11.1 Å². The number of nitriles is 1. The highest BCUT2D eigenvalue weighted by Crippen LogP contribution is 2.16. The molecule has 3 nitrogen and oxygen atoms in total. The predicted molar refractivity (Wildman–Crippen MR) is 79.8 cm³/mol. The molecule has 0 spiro atoms. The third kappa shape index (κ3) is 4.22. The lowest BCUT2D eigenvalue weighted by Crippen LogP contribution is -2.10. The van der Waals surface area contributed by atoms with Crippen molar-refractivity contribution in [3.05, 3.63) is 65.7 Å². The number of benzene rings is 2. The molecule has 0 aliphatic heterocycles. The van der Waals surface area contributed by atoms with Crippen molar-refractivity contribution in [3.63, 3.8) is 0 Å². The zero-order chi connectivity index (χ0) is 14.2. The molecule has 0 amide bonds. The first-order valence-corrected chi connectivity index (χ1v) is 7.79. The van der Waals surface area contributed by atoms with Crippen LogP contribution in [-0.2, 0) is 16.6 Å². The van der Waals surface area contributed by atoms with E-state index in [9.17, 15) is 4.21 Å². The molecule has 0 aliphatic carbocycles. The smallest absolute Gasteiger partial charge is 0.137 e. The zero-order valence-corrected chi connectivity index (χ0v) is 11.8. The van der Waals surface area contributed by atoms with Gasteiger partial charge in [-0.3, -0.25) is 4.21 Å². The summed E-state index contributed by atoms with van der Waals surface area (Å²) in [6.45, 7) is 0.345. The first-order valence-electron chi connectivity index (χ1n) is 6.30. The Morgan fingerprint density at radius 2 is 1.75 bits per heavy atom. The summed E-state index contributed by atoms with van der Waals surface area (Å²) in [6.07, 6.45) is 0. The number of rotatable bonds is 6. The second-order valence-corrected chi connectivity index (χ2v) is 5.81. The topological polar surface area (TPSA) is 50.1 Å². The summed E-state index contributed by atoms with van der Waals surface area (Å²) >= 11 is 0. The Morgan fingerprint density at radius 1 is 1.05 bits per heavy atom. The van der Waals surface area contributed by atoms with E-state index >= 15 is 0 Å². The van der Waals surface area contributed by atoms with Gasteiger partial charge >= 0.3 is 0 Å². The van der Waals surface area contributed by atoms with E-state index in [1.807, 2.05) is 36.4 Å². The summed E-state index contributed by atoms with van der Waals surface area (Å²) in [4.78, 5) is 0. The van der Waals surface area contributed by atoms with E-state index in [0.29, 0.717) is 29.4 Å². The fourth-order valence-electron chi connectivity index (χ4n) is 1.76. The van der Waals surface area contributed by atoms with Crippen molar-refractivity contribution < 1.29 is 8.95 Å². The molecule has 4 heteroatoms. The van der Waals surface area contributed by atoms with Crippen molar-refractivity contribution in [3.8, 4) is 11.8 Å². The average Bonchev–Trinajstić information content (AvgIpc) is 2.49. The monoisotopic (exact) mass is 285 g/mol. The molecule has 0 radical (unpaired) electrons. The van der Waals surface area contributed by atoms with Crippen LogP contribution in [0.5, 0.6) is 5.75 Å². The second kappa shape index (κ2) is 7.46. The number of para-hydroxylation sites is 1. The summed E-state index contributed by atoms with van der Waals surface area (Å²) in [5.74, 6) is 1.53. The van der Waals surface area contributed by atoms with E-state index in [1.165, 1.54) is 0 Å². The lowest BCUT2D eigenvalue weighted by molar-refractivity contribution is 0.341. The molecule has 2 aromatic rings. The normalized spacial score (nSPS) is 11.6. The van der Waals surface area contributed by atoms with E-state index in [0.717, 1.165) is 5.56 Å². The Morgan fingerprint density at radius 3 is 2.50 bits per heavy atom. The minimum absolute atomic E-state index is 0.345. The van der Waals surface area contributed by atoms with Gasteiger partial charge in [0.2, 0.25) is 0 Å². The van der Waals surface area contributed by atoms with Crippen LogP contribution in [0.2, 0.25) is 0 Å². The molecule has 0 aliphatic rings. The third-order valence-corrected chi connectivity index (χ3v) is 4.02. The number of nitrogens with zero attached hydrogens (tertiary/aromatic N) is 1. The molecule has 0 heterocycles. The van der Waals surface area contributed by atoms with Crippen LogP contribution in [0, 0.1) is 11.3 Å². The third-order valence-electron chi connectivity index (χ3n) is 2.75. The highest BCUT2D eigenvalue weighted by atomic mass is 32.2. The molecule has 0 aromatic heterocycles. The maximum Gasteiger partial charge on any atom is 0.137 e. The van der Waals surface area contributed by atoms with Crippen molar-refractivity contribution in [1.29, 1.82) is 5.26 Å². The predicted octanol–water partition coefficient (Wildman–Crippen LogP) is 2.89. The Hall–Kier alpha value is -2.12. The summed E-state index contributed by atoms with van der Waals surface area (Å²) < 4.78 is 17.4. The summed E-state index contributed by atoms with van der Waals surface area (Å²) in [7, 11) is -0.961. The quantitative estimate of drug-likeness (QED) is 0.820. The van der Waals surface area contributed by atoms with Gasteiger partial charge in [-0.05, 0) is 17.7 Å². The van der Waals surface area contributed by atoms with Crippen LogP contribution in [0.25, 0.3) is 0 Å². The molecule has 0 bridgehead atoms. The molecule has 1 unspecified atom stereocenters. The van der Waals surface area contributed by atoms with Gasteiger partial charge in [-0.25, -0.2) is 0 Å². The molecule has 0 saturated heterocycles. The number of hydrogen-bond donors (Lipinski definition) is 0. The van der Waals surface area contributed by atoms with Crippen LogP contribution < -0.4 is 4.74 Å². The van der Waals surface area contributed by atoms with Gasteiger partial charge in [0.1, 0.15) is 11.8 Å². The van der Waals surface area contributed by atoms with Crippen molar-refractivity contribution in [2.24, 2.45) is 0 Å². The van der Waals surface area contributed by atoms with Gasteiger partial charge in [0.05, 0.1) is 17.9 Å². The molecule has 0 saturated carbocycles. The van der Waals surface area contributed by atoms with E-state index in [2.05, 4.69) is 6.07 Å². The first kappa shape index (κ1) is 14.3. The number of ether oxygens (including phenoxy) is 1. The Bertz CT molecular complexity index is 620. The van der Waals surface area contributed by atoms with Gasteiger partial charge in [0, 0.05) is 16.6 Å². The molecule has 20 heavy (non-hydrogen) atoms. The van der Waals surface area contributed by atoms with E-state index in [-0.39, 0.29) is 0 Å². The molecular weight excluding hydrogens is 270 g/mol. The Labute approximate surface area is 121 Å². The summed E-state index contributed by atoms with van der Waals surface area (Å²) in [6, 6.07) is 18.9. The highest BCUT2D eigenvalue weighted by molar-refractivity contribution is 7.84. The number of hydrogen-bond acceptors (Lipinski definition) is 3. The largest absolute Gasteiger partial charge is 0.491 e. The lowest BCUT2D eigenvalue weighted by atomic mass is 10.2. The summed E-state index contributed by atoms with van der Waals surface area (Å²) in [5.41, 5.74) is 1.56. The molecule has 0 fully saturated rings. The van der Waals surface area contributed by atoms with Gasteiger partial charge in [0.15, 0.2) is 0 Å². The highest BCUT2D eigenvalue weighted by Gasteiger charge is 2.04. The van der Waals surface area contributed by atoms with E-state index in [1.54, 1.807) is 18.2 Å². The Kier molecular flexibility index (Phi) is 5.33. The van der Waals surface area contributed by atoms with E-state index in [4.69, 9.17) is 10.00 Å². The summed E-state index contributed by atoms with van der Waals surface area (Å²) in [5, 5.41) is 8.93. The SMILES string of the molecule is N#Cc1ccccc1OCCS(=O)Cc1ccccc1. The van der Waals surface area contributed by atoms with Crippen molar-refractivity contribution in [1.82, 2.24) is 0 Å². The van der Waals surface area contributed by atoms with Gasteiger partial charge in [-0.2, -0.15) is 5.26 Å². The lowest BCUT2D eigenvalue weighted by Gasteiger charge is -2.07. The van der Waals surface area contributed by atoms with Crippen LogP contribution in [-0.4, -0.2) is 16.6 Å². The molecule has 102 valence electrons. The maximum atomic E-state index is 11.9.